The van der Waals surface area contributed by atoms with Crippen LogP contribution in [0.4, 0.5) is 0 Å². The maximum atomic E-state index is 13.4. The van der Waals surface area contributed by atoms with Crippen molar-refractivity contribution >= 4 is 13.8 Å². The van der Waals surface area contributed by atoms with Gasteiger partial charge < -0.3 is 64.7 Å². The third-order valence-electron chi connectivity index (χ3n) is 12.6. The Morgan fingerprint density at radius 3 is 1.42 bits per heavy atom. The van der Waals surface area contributed by atoms with E-state index in [0.29, 0.717) is 12.8 Å². The van der Waals surface area contributed by atoms with Crippen LogP contribution in [0.25, 0.3) is 0 Å². The molecule has 2 fully saturated rings. The quantitative estimate of drug-likeness (QED) is 0.0193. The molecule has 0 radical (unpaired) electrons. The molecule has 65 heavy (non-hydrogen) atoms. The van der Waals surface area contributed by atoms with Gasteiger partial charge in [0.2, 0.25) is 0 Å². The molecule has 13 atom stereocenters. The Morgan fingerprint density at radius 2 is 0.954 bits per heavy atom. The van der Waals surface area contributed by atoms with E-state index in [4.69, 9.17) is 28.0 Å². The monoisotopic (exact) mass is 959 g/mol. The summed E-state index contributed by atoms with van der Waals surface area (Å²) in [4.78, 5) is 23.6. The lowest BCUT2D eigenvalue weighted by Gasteiger charge is -2.47. The van der Waals surface area contributed by atoms with Crippen molar-refractivity contribution in [1.29, 1.82) is 0 Å². The van der Waals surface area contributed by atoms with E-state index in [2.05, 4.69) is 13.8 Å². The van der Waals surface area contributed by atoms with Crippen LogP contribution in [0.3, 0.4) is 0 Å². The first-order valence-corrected chi connectivity index (χ1v) is 26.9. The van der Waals surface area contributed by atoms with E-state index in [0.717, 1.165) is 38.5 Å². The van der Waals surface area contributed by atoms with Crippen molar-refractivity contribution in [3.8, 4) is 0 Å². The van der Waals surface area contributed by atoms with Crippen molar-refractivity contribution in [2.24, 2.45) is 0 Å². The summed E-state index contributed by atoms with van der Waals surface area (Å²) in [5.41, 5.74) is 0. The molecule has 6 unspecified atom stereocenters. The third-order valence-corrected chi connectivity index (χ3v) is 13.6. The average molecular weight is 959 g/mol. The molecule has 1 saturated carbocycles. The van der Waals surface area contributed by atoms with Gasteiger partial charge in [0.25, 0.3) is 0 Å². The van der Waals surface area contributed by atoms with Crippen molar-refractivity contribution in [1.82, 2.24) is 0 Å². The van der Waals surface area contributed by atoms with Gasteiger partial charge in [0.15, 0.2) is 6.29 Å². The first kappa shape index (κ1) is 60.3. The number of aliphatic hydroxyl groups is 8. The predicted octanol–water partition coefficient (Wildman–Crippen LogP) is 6.02. The molecule has 0 aromatic heterocycles. The smallest absolute Gasteiger partial charge is 0.463 e. The second kappa shape index (κ2) is 36.1. The first-order valence-electron chi connectivity index (χ1n) is 25.4. The maximum Gasteiger partial charge on any atom is 0.472 e. The molecule has 1 saturated heterocycles. The molecule has 2 aliphatic rings. The molecule has 17 nitrogen and oxygen atoms in total. The number of rotatable bonds is 40. The topological polar surface area (TPSA) is 272 Å². The lowest BCUT2D eigenvalue weighted by molar-refractivity contribution is -0.338. The van der Waals surface area contributed by atoms with Gasteiger partial charge in [0, 0.05) is 13.0 Å². The molecule has 1 aliphatic carbocycles. The van der Waals surface area contributed by atoms with E-state index in [9.17, 15) is 55.1 Å². The summed E-state index contributed by atoms with van der Waals surface area (Å²) >= 11 is 0. The molecular weight excluding hydrogens is 867 g/mol. The molecular formula is C47H91O17P. The van der Waals surface area contributed by atoms with Gasteiger partial charge in [0.1, 0.15) is 73.8 Å². The van der Waals surface area contributed by atoms with Crippen LogP contribution in [-0.2, 0) is 37.4 Å². The normalized spacial score (nSPS) is 28.6. The zero-order chi connectivity index (χ0) is 47.9. The van der Waals surface area contributed by atoms with Gasteiger partial charge in [-0.3, -0.25) is 13.8 Å². The van der Waals surface area contributed by atoms with E-state index in [-0.39, 0.29) is 19.6 Å². The van der Waals surface area contributed by atoms with Gasteiger partial charge in [0.05, 0.1) is 13.2 Å². The highest BCUT2D eigenvalue weighted by molar-refractivity contribution is 7.47. The van der Waals surface area contributed by atoms with Crippen molar-refractivity contribution in [3.63, 3.8) is 0 Å². The molecule has 0 amide bonds. The van der Waals surface area contributed by atoms with E-state index < -0.39 is 100 Å². The Morgan fingerprint density at radius 1 is 0.538 bits per heavy atom. The van der Waals surface area contributed by atoms with Crippen molar-refractivity contribution in [2.45, 2.75) is 267 Å². The molecule has 2 rings (SSSR count). The van der Waals surface area contributed by atoms with Crippen LogP contribution in [0.2, 0.25) is 0 Å². The number of hydrogen-bond acceptors (Lipinski definition) is 16. The standard InChI is InChI=1S/C47H91O17P/c1-3-5-7-9-11-13-15-17-19-21-23-25-27-29-31-59-35(33-60-37(49)30-28-26-24-22-20-18-16-14-12-10-8-6-4-2)34-61-65(57,58)64-46-43(55)41(53)40(52)42(54)45(46)63-47-44(56)39(51)38(50)36(32-48)62-47/h35-36,38-48,50-56H,3-34H2,1-2H3,(H,57,58)/t35-,36?,38-,39+,40+,41+,42?,43?,44?,45?,46+,47-/m1/s1. The van der Waals surface area contributed by atoms with Crippen LogP contribution < -0.4 is 0 Å². The summed E-state index contributed by atoms with van der Waals surface area (Å²) in [5.74, 6) is -0.443. The van der Waals surface area contributed by atoms with E-state index in [1.165, 1.54) is 122 Å². The molecule has 0 spiro atoms. The Labute approximate surface area is 389 Å². The zero-order valence-electron chi connectivity index (χ0n) is 39.8. The molecule has 9 N–H and O–H groups in total. The van der Waals surface area contributed by atoms with Crippen LogP contribution in [-0.4, -0.2) is 152 Å². The number of carbonyl (C=O) groups excluding carboxylic acids is 1. The van der Waals surface area contributed by atoms with E-state index in [1.807, 2.05) is 0 Å². The second-order valence-corrected chi connectivity index (χ2v) is 19.8. The number of phosphoric acid groups is 1. The first-order chi connectivity index (χ1) is 31.3. The number of carbonyl (C=O) groups is 1. The number of aliphatic hydroxyl groups excluding tert-OH is 8. The largest absolute Gasteiger partial charge is 0.472 e. The Bertz CT molecular complexity index is 1220. The summed E-state index contributed by atoms with van der Waals surface area (Å²) in [7, 11) is -5.23. The highest BCUT2D eigenvalue weighted by Crippen LogP contribution is 2.48. The van der Waals surface area contributed by atoms with Gasteiger partial charge in [-0.2, -0.15) is 0 Å². The Balaban J connectivity index is 1.91. The van der Waals surface area contributed by atoms with Crippen LogP contribution in [0.1, 0.15) is 194 Å². The zero-order valence-corrected chi connectivity index (χ0v) is 40.7. The Hall–Kier alpha value is -0.860. The number of hydrogen-bond donors (Lipinski definition) is 9. The second-order valence-electron chi connectivity index (χ2n) is 18.4. The molecule has 18 heteroatoms. The molecule has 0 bridgehead atoms. The fourth-order valence-electron chi connectivity index (χ4n) is 8.39. The molecule has 0 aromatic carbocycles. The van der Waals surface area contributed by atoms with Gasteiger partial charge in [-0.15, -0.1) is 0 Å². The number of ether oxygens (including phenoxy) is 4. The summed E-state index contributed by atoms with van der Waals surface area (Å²) in [6.07, 6.45) is 9.46. The number of esters is 1. The lowest BCUT2D eigenvalue weighted by atomic mass is 9.84. The van der Waals surface area contributed by atoms with Gasteiger partial charge in [-0.25, -0.2) is 4.57 Å². The minimum Gasteiger partial charge on any atom is -0.463 e. The number of phosphoric ester groups is 1. The van der Waals surface area contributed by atoms with Crippen LogP contribution in [0.5, 0.6) is 0 Å². The van der Waals surface area contributed by atoms with Crippen molar-refractivity contribution in [3.05, 3.63) is 0 Å². The minimum absolute atomic E-state index is 0.206. The van der Waals surface area contributed by atoms with Crippen LogP contribution in [0, 0.1) is 0 Å². The third kappa shape index (κ3) is 25.0. The summed E-state index contributed by atoms with van der Waals surface area (Å²) < 4.78 is 46.2. The predicted molar refractivity (Wildman–Crippen MR) is 245 cm³/mol. The van der Waals surface area contributed by atoms with Gasteiger partial charge >= 0.3 is 13.8 Å². The minimum atomic E-state index is -5.23. The Kier molecular flexibility index (Phi) is 33.5. The molecule has 1 heterocycles. The maximum absolute atomic E-state index is 13.4. The van der Waals surface area contributed by atoms with Gasteiger partial charge in [-0.05, 0) is 12.8 Å². The van der Waals surface area contributed by atoms with Crippen molar-refractivity contribution in [2.75, 3.05) is 26.4 Å². The number of unbranched alkanes of at least 4 members (excludes halogenated alkanes) is 25. The summed E-state index contributed by atoms with van der Waals surface area (Å²) in [6, 6.07) is 0. The van der Waals surface area contributed by atoms with Gasteiger partial charge in [-0.1, -0.05) is 174 Å². The fourth-order valence-corrected chi connectivity index (χ4v) is 9.36. The fraction of sp³-hybridized carbons (Fsp3) is 0.979. The molecule has 386 valence electrons. The average Bonchev–Trinajstić information content (AvgIpc) is 3.29. The van der Waals surface area contributed by atoms with Crippen molar-refractivity contribution < 1.29 is 83.1 Å². The summed E-state index contributed by atoms with van der Waals surface area (Å²) in [6.45, 7) is 3.00. The van der Waals surface area contributed by atoms with Crippen LogP contribution in [0.15, 0.2) is 0 Å². The lowest BCUT2D eigenvalue weighted by Crippen LogP contribution is -2.67. The molecule has 0 aromatic rings. The van der Waals surface area contributed by atoms with Crippen LogP contribution >= 0.6 is 7.82 Å². The SMILES string of the molecule is CCCCCCCCCCCCCCCCO[C@H](COC(=O)CCCCCCCCCCCCCCC)COP(=O)(O)O[C@@H]1C(O[C@H]2OC(CO)[C@@H](O)[C@H](O)C2O)C(O)[C@@H](O)[C@H](O)C1O. The van der Waals surface area contributed by atoms with E-state index >= 15 is 0 Å². The summed E-state index contributed by atoms with van der Waals surface area (Å²) in [5, 5.41) is 82.9. The highest BCUT2D eigenvalue weighted by Gasteiger charge is 2.55. The van der Waals surface area contributed by atoms with E-state index in [1.54, 1.807) is 0 Å². The molecule has 1 aliphatic heterocycles. The highest BCUT2D eigenvalue weighted by atomic mass is 31.2.